The number of carbonyl (C=O) groups excluding carboxylic acids is 1. The van der Waals surface area contributed by atoms with Gasteiger partial charge < -0.3 is 20.6 Å². The molecule has 1 unspecified atom stereocenters. The third-order valence-electron chi connectivity index (χ3n) is 3.28. The van der Waals surface area contributed by atoms with Gasteiger partial charge in [-0.1, -0.05) is 0 Å². The van der Waals surface area contributed by atoms with Gasteiger partial charge in [0.15, 0.2) is 0 Å². The monoisotopic (exact) mass is 285 g/mol. The Kier molecular flexibility index (Phi) is 5.78. The molecule has 3 N–H and O–H groups in total. The lowest BCUT2D eigenvalue weighted by Gasteiger charge is -2.32. The zero-order valence-electron chi connectivity index (χ0n) is 11.9. The zero-order valence-corrected chi connectivity index (χ0v) is 12.8. The number of likely N-dealkylation sites (N-methyl/N-ethyl adjacent to an activating group) is 1. The van der Waals surface area contributed by atoms with E-state index in [-0.39, 0.29) is 18.1 Å². The quantitative estimate of drug-likeness (QED) is 0.740. The van der Waals surface area contributed by atoms with E-state index in [1.54, 1.807) is 0 Å². The molecule has 0 saturated heterocycles. The number of amides is 2. The Morgan fingerprint density at radius 2 is 2.16 bits per heavy atom. The third-order valence-corrected chi connectivity index (χ3v) is 3.98. The molecule has 108 valence electrons. The van der Waals surface area contributed by atoms with E-state index in [2.05, 4.69) is 10.6 Å². The number of nitrogens with one attached hydrogen (secondary N) is 2. The summed E-state index contributed by atoms with van der Waals surface area (Å²) in [4.78, 5) is 13.7. The van der Waals surface area contributed by atoms with Gasteiger partial charge in [0.05, 0.1) is 6.10 Å². The SMILES string of the molecule is CN(C)C(C)(C)CNC(=O)NCC(O)c1ccsc1. The van der Waals surface area contributed by atoms with E-state index < -0.39 is 6.10 Å². The van der Waals surface area contributed by atoms with Gasteiger partial charge in [0.2, 0.25) is 0 Å². The van der Waals surface area contributed by atoms with Crippen molar-refractivity contribution in [2.75, 3.05) is 27.2 Å². The average molecular weight is 285 g/mol. The normalized spacial score (nSPS) is 13.4. The molecule has 5 nitrogen and oxygen atoms in total. The zero-order chi connectivity index (χ0) is 14.5. The summed E-state index contributed by atoms with van der Waals surface area (Å²) in [6.45, 7) is 4.85. The molecular weight excluding hydrogens is 262 g/mol. The maximum absolute atomic E-state index is 11.6. The topological polar surface area (TPSA) is 64.6 Å². The first-order chi connectivity index (χ1) is 8.83. The van der Waals surface area contributed by atoms with Crippen molar-refractivity contribution in [2.45, 2.75) is 25.5 Å². The van der Waals surface area contributed by atoms with Gasteiger partial charge in [0.1, 0.15) is 0 Å². The Bertz CT molecular complexity index is 391. The standard InChI is InChI=1S/C13H23N3O2S/c1-13(2,16(3)4)9-15-12(18)14-7-11(17)10-5-6-19-8-10/h5-6,8,11,17H,7,9H2,1-4H3,(H2,14,15,18). The van der Waals surface area contributed by atoms with Crippen LogP contribution in [0.5, 0.6) is 0 Å². The van der Waals surface area contributed by atoms with Gasteiger partial charge >= 0.3 is 6.03 Å². The van der Waals surface area contributed by atoms with Crippen LogP contribution >= 0.6 is 11.3 Å². The van der Waals surface area contributed by atoms with Crippen molar-refractivity contribution in [3.8, 4) is 0 Å². The number of hydrogen-bond acceptors (Lipinski definition) is 4. The van der Waals surface area contributed by atoms with Gasteiger partial charge in [0, 0.05) is 18.6 Å². The van der Waals surface area contributed by atoms with Crippen molar-refractivity contribution in [3.63, 3.8) is 0 Å². The average Bonchev–Trinajstić information content (AvgIpc) is 2.87. The van der Waals surface area contributed by atoms with Crippen LogP contribution in [0.2, 0.25) is 0 Å². The number of rotatable bonds is 6. The minimum atomic E-state index is -0.654. The second-order valence-corrected chi connectivity index (χ2v) is 6.12. The summed E-state index contributed by atoms with van der Waals surface area (Å²) in [7, 11) is 3.94. The van der Waals surface area contributed by atoms with Gasteiger partial charge in [-0.25, -0.2) is 4.79 Å². The molecule has 0 fully saturated rings. The molecular formula is C13H23N3O2S. The number of aliphatic hydroxyl groups excluding tert-OH is 1. The minimum Gasteiger partial charge on any atom is -0.387 e. The Morgan fingerprint density at radius 3 is 2.68 bits per heavy atom. The molecule has 0 aliphatic carbocycles. The summed E-state index contributed by atoms with van der Waals surface area (Å²) in [5, 5.41) is 19.1. The van der Waals surface area contributed by atoms with Gasteiger partial charge in [-0.3, -0.25) is 0 Å². The maximum Gasteiger partial charge on any atom is 0.314 e. The highest BCUT2D eigenvalue weighted by Crippen LogP contribution is 2.15. The van der Waals surface area contributed by atoms with Crippen LogP contribution in [-0.4, -0.2) is 48.8 Å². The molecule has 0 saturated carbocycles. The molecule has 0 aliphatic rings. The molecule has 1 aromatic rings. The highest BCUT2D eigenvalue weighted by Gasteiger charge is 2.21. The van der Waals surface area contributed by atoms with Crippen LogP contribution in [0.4, 0.5) is 4.79 Å². The van der Waals surface area contributed by atoms with Crippen LogP contribution < -0.4 is 10.6 Å². The lowest BCUT2D eigenvalue weighted by molar-refractivity contribution is 0.168. The predicted octanol–water partition coefficient (Wildman–Crippen LogP) is 1.42. The van der Waals surface area contributed by atoms with Crippen molar-refractivity contribution < 1.29 is 9.90 Å². The van der Waals surface area contributed by atoms with Crippen molar-refractivity contribution >= 4 is 17.4 Å². The summed E-state index contributed by atoms with van der Waals surface area (Å²) in [5.41, 5.74) is 0.725. The highest BCUT2D eigenvalue weighted by atomic mass is 32.1. The van der Waals surface area contributed by atoms with Gasteiger partial charge in [-0.05, 0) is 50.3 Å². The molecule has 6 heteroatoms. The maximum atomic E-state index is 11.6. The lowest BCUT2D eigenvalue weighted by Crippen LogP contribution is -2.50. The molecule has 1 rings (SSSR count). The summed E-state index contributed by atoms with van der Waals surface area (Å²) >= 11 is 1.53. The molecule has 0 aromatic carbocycles. The van der Waals surface area contributed by atoms with Crippen LogP contribution in [0.25, 0.3) is 0 Å². The molecule has 0 spiro atoms. The summed E-state index contributed by atoms with van der Waals surface area (Å²) in [6, 6.07) is 1.59. The molecule has 1 heterocycles. The second-order valence-electron chi connectivity index (χ2n) is 5.34. The number of carbonyl (C=O) groups is 1. The summed E-state index contributed by atoms with van der Waals surface area (Å²) in [6.07, 6.45) is -0.654. The number of hydrogen-bond donors (Lipinski definition) is 3. The Balaban J connectivity index is 2.29. The molecule has 2 amide bonds. The van der Waals surface area contributed by atoms with Crippen molar-refractivity contribution in [2.24, 2.45) is 0 Å². The van der Waals surface area contributed by atoms with E-state index in [1.165, 1.54) is 11.3 Å². The smallest absolute Gasteiger partial charge is 0.314 e. The Morgan fingerprint density at radius 1 is 1.47 bits per heavy atom. The molecule has 1 aromatic heterocycles. The number of urea groups is 1. The molecule has 0 radical (unpaired) electrons. The molecule has 0 aliphatic heterocycles. The molecule has 19 heavy (non-hydrogen) atoms. The first kappa shape index (κ1) is 15.9. The van der Waals surface area contributed by atoms with E-state index in [0.717, 1.165) is 5.56 Å². The van der Waals surface area contributed by atoms with E-state index >= 15 is 0 Å². The Labute approximate surface area is 118 Å². The fraction of sp³-hybridized carbons (Fsp3) is 0.615. The number of nitrogens with zero attached hydrogens (tertiary/aromatic N) is 1. The first-order valence-corrected chi connectivity index (χ1v) is 7.16. The van der Waals surface area contributed by atoms with Crippen LogP contribution in [0.3, 0.4) is 0 Å². The van der Waals surface area contributed by atoms with Crippen LogP contribution in [0.1, 0.15) is 25.5 Å². The van der Waals surface area contributed by atoms with Crippen molar-refractivity contribution in [1.82, 2.24) is 15.5 Å². The predicted molar refractivity (Wildman–Crippen MR) is 78.4 cm³/mol. The second kappa shape index (κ2) is 6.88. The van der Waals surface area contributed by atoms with E-state index in [0.29, 0.717) is 6.54 Å². The van der Waals surface area contributed by atoms with Crippen LogP contribution in [0.15, 0.2) is 16.8 Å². The van der Waals surface area contributed by atoms with Gasteiger partial charge in [0.25, 0.3) is 0 Å². The fourth-order valence-electron chi connectivity index (χ4n) is 1.29. The van der Waals surface area contributed by atoms with E-state index in [1.807, 2.05) is 49.7 Å². The largest absolute Gasteiger partial charge is 0.387 e. The van der Waals surface area contributed by atoms with Gasteiger partial charge in [-0.2, -0.15) is 11.3 Å². The van der Waals surface area contributed by atoms with E-state index in [4.69, 9.17) is 0 Å². The lowest BCUT2D eigenvalue weighted by atomic mass is 10.1. The van der Waals surface area contributed by atoms with Gasteiger partial charge in [-0.15, -0.1) is 0 Å². The molecule has 0 bridgehead atoms. The summed E-state index contributed by atoms with van der Waals surface area (Å²) < 4.78 is 0. The number of thiophene rings is 1. The van der Waals surface area contributed by atoms with Crippen LogP contribution in [-0.2, 0) is 0 Å². The van der Waals surface area contributed by atoms with E-state index in [9.17, 15) is 9.90 Å². The highest BCUT2D eigenvalue weighted by molar-refractivity contribution is 7.07. The van der Waals surface area contributed by atoms with Crippen LogP contribution in [0, 0.1) is 0 Å². The van der Waals surface area contributed by atoms with Crippen molar-refractivity contribution in [1.29, 1.82) is 0 Å². The number of aliphatic hydroxyl groups is 1. The molecule has 1 atom stereocenters. The minimum absolute atomic E-state index is 0.108. The Hall–Kier alpha value is -1.11. The third kappa shape index (κ3) is 5.18. The first-order valence-electron chi connectivity index (χ1n) is 6.22. The fourth-order valence-corrected chi connectivity index (χ4v) is 2.00. The summed E-state index contributed by atoms with van der Waals surface area (Å²) in [5.74, 6) is 0. The van der Waals surface area contributed by atoms with Crippen molar-refractivity contribution in [3.05, 3.63) is 22.4 Å².